The highest BCUT2D eigenvalue weighted by Gasteiger charge is 2.27. The van der Waals surface area contributed by atoms with Crippen LogP contribution in [0.4, 0.5) is 0 Å². The number of nitrogens with one attached hydrogen (secondary N) is 4. The lowest BCUT2D eigenvalue weighted by molar-refractivity contribution is -0.144. The summed E-state index contributed by atoms with van der Waals surface area (Å²) < 4.78 is 0. The van der Waals surface area contributed by atoms with Gasteiger partial charge in [-0.25, -0.2) is 19.2 Å². The summed E-state index contributed by atoms with van der Waals surface area (Å²) in [6.07, 6.45) is 6.15. The second-order valence-corrected chi connectivity index (χ2v) is 13.1. The fraction of sp³-hybridized carbons (Fsp3) is 0.714. The van der Waals surface area contributed by atoms with E-state index in [4.69, 9.17) is 5.11 Å². The molecule has 0 aromatic heterocycles. The molecule has 0 aliphatic rings. The van der Waals surface area contributed by atoms with E-state index in [1.165, 1.54) is 6.92 Å². The van der Waals surface area contributed by atoms with E-state index in [0.717, 1.165) is 51.4 Å². The third kappa shape index (κ3) is 25.8. The first-order valence-electron chi connectivity index (χ1n) is 18.2. The molecule has 0 aliphatic heterocycles. The minimum absolute atomic E-state index is 0.0893. The highest BCUT2D eigenvalue weighted by molar-refractivity contribution is 5.88. The number of rotatable bonds is 33. The molecule has 306 valence electrons. The van der Waals surface area contributed by atoms with Gasteiger partial charge in [-0.1, -0.05) is 51.4 Å². The highest BCUT2D eigenvalue weighted by atomic mass is 16.4. The van der Waals surface area contributed by atoms with Crippen LogP contribution >= 0.6 is 0 Å². The Kier molecular flexibility index (Phi) is 25.7. The molecule has 9 N–H and O–H groups in total. The third-order valence-electron chi connectivity index (χ3n) is 8.34. The third-order valence-corrected chi connectivity index (χ3v) is 8.34. The molecule has 0 bridgehead atoms. The molecule has 0 rings (SSSR count). The van der Waals surface area contributed by atoms with Crippen molar-refractivity contribution in [3.8, 4) is 0 Å². The predicted molar refractivity (Wildman–Crippen MR) is 189 cm³/mol. The molecule has 19 heteroatoms. The lowest BCUT2D eigenvalue weighted by atomic mass is 10.0. The maximum absolute atomic E-state index is 12.5. The Morgan fingerprint density at radius 3 is 0.852 bits per heavy atom. The SMILES string of the molecule is CC(=O)CC[C@H](NC(=O)CC[C@H](NC(=O)CC[C@H](NC(=O)CC[C@H](NC(=O)CCCCCCCCCCCCC(=O)O)C(=O)O)C(=O)O)C(=O)O)C(=O)O. The fourth-order valence-electron chi connectivity index (χ4n) is 5.25. The molecule has 0 spiro atoms. The van der Waals surface area contributed by atoms with Gasteiger partial charge in [0.15, 0.2) is 0 Å². The maximum atomic E-state index is 12.5. The van der Waals surface area contributed by atoms with Gasteiger partial charge in [-0.05, 0) is 45.4 Å². The lowest BCUT2D eigenvalue weighted by Gasteiger charge is -2.18. The molecular formula is C35H56N4O15. The molecule has 0 saturated heterocycles. The first kappa shape index (κ1) is 48.9. The Labute approximate surface area is 313 Å². The summed E-state index contributed by atoms with van der Waals surface area (Å²) >= 11 is 0. The van der Waals surface area contributed by atoms with E-state index in [1.807, 2.05) is 0 Å². The Morgan fingerprint density at radius 1 is 0.352 bits per heavy atom. The topological polar surface area (TPSA) is 320 Å². The Balaban J connectivity index is 4.61. The molecule has 0 saturated carbocycles. The number of carboxylic acids is 5. The van der Waals surface area contributed by atoms with Crippen molar-refractivity contribution >= 4 is 59.3 Å². The van der Waals surface area contributed by atoms with Crippen LogP contribution in [0.3, 0.4) is 0 Å². The Hall–Kier alpha value is -5.10. The number of aliphatic carboxylic acids is 5. The molecule has 0 aliphatic carbocycles. The van der Waals surface area contributed by atoms with Crippen LogP contribution in [-0.2, 0) is 47.9 Å². The van der Waals surface area contributed by atoms with E-state index in [0.29, 0.717) is 12.8 Å². The van der Waals surface area contributed by atoms with E-state index >= 15 is 0 Å². The van der Waals surface area contributed by atoms with Crippen molar-refractivity contribution in [3.05, 3.63) is 0 Å². The van der Waals surface area contributed by atoms with E-state index in [-0.39, 0.29) is 37.9 Å². The van der Waals surface area contributed by atoms with Crippen molar-refractivity contribution in [1.82, 2.24) is 21.3 Å². The minimum atomic E-state index is -1.60. The van der Waals surface area contributed by atoms with Gasteiger partial charge in [0.1, 0.15) is 30.0 Å². The molecule has 0 radical (unpaired) electrons. The van der Waals surface area contributed by atoms with E-state index in [9.17, 15) is 68.4 Å². The number of carboxylic acid groups (broad SMARTS) is 5. The number of hydrogen-bond acceptors (Lipinski definition) is 10. The van der Waals surface area contributed by atoms with Crippen molar-refractivity contribution in [2.75, 3.05) is 0 Å². The van der Waals surface area contributed by atoms with Gasteiger partial charge in [-0.15, -0.1) is 0 Å². The summed E-state index contributed by atoms with van der Waals surface area (Å²) in [6, 6.07) is -5.96. The van der Waals surface area contributed by atoms with Gasteiger partial charge in [-0.2, -0.15) is 0 Å². The van der Waals surface area contributed by atoms with Gasteiger partial charge in [0.25, 0.3) is 0 Å². The van der Waals surface area contributed by atoms with Crippen LogP contribution < -0.4 is 21.3 Å². The normalized spacial score (nSPS) is 13.0. The van der Waals surface area contributed by atoms with Crippen molar-refractivity contribution in [1.29, 1.82) is 0 Å². The number of carbonyl (C=O) groups excluding carboxylic acids is 5. The number of ketones is 1. The molecule has 0 fully saturated rings. The molecule has 4 atom stereocenters. The molecule has 0 aromatic rings. The molecule has 0 aromatic carbocycles. The van der Waals surface area contributed by atoms with Crippen molar-refractivity contribution in [2.24, 2.45) is 0 Å². The monoisotopic (exact) mass is 772 g/mol. The molecule has 4 amide bonds. The Bertz CT molecular complexity index is 1290. The zero-order chi connectivity index (χ0) is 41.1. The summed E-state index contributed by atoms with van der Waals surface area (Å²) in [7, 11) is 0. The van der Waals surface area contributed by atoms with Gasteiger partial charge in [0.05, 0.1) is 0 Å². The first-order valence-corrected chi connectivity index (χ1v) is 18.2. The highest BCUT2D eigenvalue weighted by Crippen LogP contribution is 2.12. The van der Waals surface area contributed by atoms with Gasteiger partial charge < -0.3 is 51.6 Å². The standard InChI is InChI=1S/C35H56N4O15/c1-22(40)14-15-23(32(47)48)37-28(42)20-17-25(34(51)52)39-30(44)21-18-26(35(53)54)38-29(43)19-16-24(33(49)50)36-27(41)12-10-8-6-4-2-3-5-7-9-11-13-31(45)46/h23-26H,2-21H2,1H3,(H,36,41)(H,37,42)(H,38,43)(H,39,44)(H,45,46)(H,47,48)(H,49,50)(H,51,52)(H,53,54)/t23-,24-,25-,26-/m0/s1. The fourth-order valence-corrected chi connectivity index (χ4v) is 5.25. The van der Waals surface area contributed by atoms with E-state index < -0.39 is 110 Å². The quantitative estimate of drug-likeness (QED) is 0.0429. The van der Waals surface area contributed by atoms with Crippen LogP contribution in [0, 0.1) is 0 Å². The number of amides is 4. The average molecular weight is 773 g/mol. The van der Waals surface area contributed by atoms with E-state index in [1.54, 1.807) is 0 Å². The van der Waals surface area contributed by atoms with Crippen molar-refractivity contribution in [2.45, 2.75) is 160 Å². The molecule has 0 heterocycles. The molecule has 54 heavy (non-hydrogen) atoms. The van der Waals surface area contributed by atoms with Gasteiger partial charge in [0.2, 0.25) is 23.6 Å². The molecular weight excluding hydrogens is 716 g/mol. The summed E-state index contributed by atoms with van der Waals surface area (Å²) in [5, 5.41) is 55.2. The van der Waals surface area contributed by atoms with Gasteiger partial charge in [-0.3, -0.25) is 24.0 Å². The van der Waals surface area contributed by atoms with Crippen LogP contribution in [0.5, 0.6) is 0 Å². The smallest absolute Gasteiger partial charge is 0.326 e. The van der Waals surface area contributed by atoms with E-state index in [2.05, 4.69) is 21.3 Å². The van der Waals surface area contributed by atoms with Crippen LogP contribution in [0.15, 0.2) is 0 Å². The average Bonchev–Trinajstić information content (AvgIpc) is 3.08. The number of carbonyl (C=O) groups is 10. The number of hydrogen-bond donors (Lipinski definition) is 9. The van der Waals surface area contributed by atoms with Crippen LogP contribution in [0.1, 0.15) is 135 Å². The second kappa shape index (κ2) is 28.4. The minimum Gasteiger partial charge on any atom is -0.481 e. The van der Waals surface area contributed by atoms with Crippen LogP contribution in [0.25, 0.3) is 0 Å². The maximum Gasteiger partial charge on any atom is 0.326 e. The van der Waals surface area contributed by atoms with Gasteiger partial charge in [0, 0.05) is 38.5 Å². The first-order chi connectivity index (χ1) is 25.4. The van der Waals surface area contributed by atoms with Crippen LogP contribution in [-0.4, -0.2) is 109 Å². The number of unbranched alkanes of at least 4 members (excludes halogenated alkanes) is 9. The van der Waals surface area contributed by atoms with Crippen LogP contribution in [0.2, 0.25) is 0 Å². The number of Topliss-reactive ketones (excluding diaryl/α,β-unsaturated/α-hetero) is 1. The Morgan fingerprint density at radius 2 is 0.593 bits per heavy atom. The lowest BCUT2D eigenvalue weighted by Crippen LogP contribution is -2.45. The zero-order valence-electron chi connectivity index (χ0n) is 30.8. The predicted octanol–water partition coefficient (Wildman–Crippen LogP) is 1.74. The van der Waals surface area contributed by atoms with Crippen molar-refractivity contribution < 1.29 is 73.5 Å². The zero-order valence-corrected chi connectivity index (χ0v) is 30.8. The summed E-state index contributed by atoms with van der Waals surface area (Å²) in [6.45, 7) is 1.25. The molecule has 0 unspecified atom stereocenters. The van der Waals surface area contributed by atoms with Crippen molar-refractivity contribution in [3.63, 3.8) is 0 Å². The summed E-state index contributed by atoms with van der Waals surface area (Å²) in [4.78, 5) is 117. The molecule has 19 nitrogen and oxygen atoms in total. The second-order valence-electron chi connectivity index (χ2n) is 13.1. The summed E-state index contributed by atoms with van der Waals surface area (Å²) in [5.41, 5.74) is 0. The summed E-state index contributed by atoms with van der Waals surface area (Å²) in [5.74, 6) is -9.99. The van der Waals surface area contributed by atoms with Gasteiger partial charge >= 0.3 is 29.8 Å². The largest absolute Gasteiger partial charge is 0.481 e.